The highest BCUT2D eigenvalue weighted by Gasteiger charge is 1.82. The Labute approximate surface area is 66.9 Å². The van der Waals surface area contributed by atoms with Crippen molar-refractivity contribution in [1.29, 1.82) is 0 Å². The van der Waals surface area contributed by atoms with Crippen LogP contribution in [0.3, 0.4) is 0 Å². The van der Waals surface area contributed by atoms with Crippen LogP contribution in [0.15, 0.2) is 28.8 Å². The Hall–Kier alpha value is -0.500. The van der Waals surface area contributed by atoms with Gasteiger partial charge in [0, 0.05) is 6.20 Å². The molecule has 0 spiro atoms. The van der Waals surface area contributed by atoms with Gasteiger partial charge in [0.25, 0.3) is 0 Å². The van der Waals surface area contributed by atoms with E-state index in [-0.39, 0.29) is 0 Å². The van der Waals surface area contributed by atoms with Crippen LogP contribution in [0, 0.1) is 0 Å². The highest BCUT2D eigenvalue weighted by atomic mass is 32.2. The van der Waals surface area contributed by atoms with Crippen LogP contribution in [-0.2, 0) is 0 Å². The van der Waals surface area contributed by atoms with Gasteiger partial charge in [0.15, 0.2) is 0 Å². The number of aliphatic imine (C=N–C) groups is 1. The molecule has 0 aromatic rings. The molecule has 0 saturated heterocycles. The third-order valence-corrected chi connectivity index (χ3v) is 1.63. The molecule has 56 valence electrons. The van der Waals surface area contributed by atoms with E-state index >= 15 is 0 Å². The number of rotatable bonds is 2. The molecule has 10 heavy (non-hydrogen) atoms. The van der Waals surface area contributed by atoms with Crippen LogP contribution >= 0.6 is 11.8 Å². The zero-order valence-electron chi connectivity index (χ0n) is 6.66. The second-order valence-corrected chi connectivity index (χ2v) is 2.82. The van der Waals surface area contributed by atoms with Gasteiger partial charge in [-0.25, -0.2) is 0 Å². The predicted octanol–water partition coefficient (Wildman–Crippen LogP) is 3.21. The van der Waals surface area contributed by atoms with Gasteiger partial charge in [-0.2, -0.15) is 0 Å². The topological polar surface area (TPSA) is 12.4 Å². The lowest BCUT2D eigenvalue weighted by Crippen LogP contribution is -1.76. The maximum Gasteiger partial charge on any atom is 0.0741 e. The van der Waals surface area contributed by atoms with E-state index in [1.165, 1.54) is 0 Å². The zero-order chi connectivity index (χ0) is 7.82. The first-order valence-electron chi connectivity index (χ1n) is 3.24. The minimum Gasteiger partial charge on any atom is -0.255 e. The van der Waals surface area contributed by atoms with Crippen molar-refractivity contribution in [3.05, 3.63) is 23.8 Å². The molecule has 0 unspecified atom stereocenters. The Morgan fingerprint density at radius 2 is 2.00 bits per heavy atom. The first kappa shape index (κ1) is 9.50. The van der Waals surface area contributed by atoms with Crippen molar-refractivity contribution in [2.45, 2.75) is 20.8 Å². The van der Waals surface area contributed by atoms with Gasteiger partial charge in [-0.1, -0.05) is 23.9 Å². The van der Waals surface area contributed by atoms with E-state index in [4.69, 9.17) is 0 Å². The molecule has 0 aromatic heterocycles. The summed E-state index contributed by atoms with van der Waals surface area (Å²) in [6.07, 6.45) is 5.71. The Morgan fingerprint density at radius 3 is 2.50 bits per heavy atom. The van der Waals surface area contributed by atoms with Crippen LogP contribution in [0.4, 0.5) is 0 Å². The van der Waals surface area contributed by atoms with E-state index in [1.807, 2.05) is 38.3 Å². The summed E-state index contributed by atoms with van der Waals surface area (Å²) in [5.41, 5.74) is 0. The summed E-state index contributed by atoms with van der Waals surface area (Å²) in [5, 5.41) is 3.08. The van der Waals surface area contributed by atoms with E-state index < -0.39 is 0 Å². The summed E-state index contributed by atoms with van der Waals surface area (Å²) in [6.45, 7) is 5.94. The Kier molecular flexibility index (Phi) is 6.29. The van der Waals surface area contributed by atoms with Gasteiger partial charge in [-0.15, -0.1) is 0 Å². The molecule has 2 heteroatoms. The fourth-order valence-electron chi connectivity index (χ4n) is 0.376. The van der Waals surface area contributed by atoms with Gasteiger partial charge in [-0.05, 0) is 26.2 Å². The molecule has 0 saturated carbocycles. The predicted molar refractivity (Wildman–Crippen MR) is 50.3 cm³/mol. The van der Waals surface area contributed by atoms with Gasteiger partial charge in [0.1, 0.15) is 0 Å². The molecule has 0 bridgehead atoms. The number of nitrogens with zero attached hydrogens (tertiary/aromatic N) is 1. The minimum absolute atomic E-state index is 1.07. The van der Waals surface area contributed by atoms with Crippen LogP contribution < -0.4 is 0 Å². The van der Waals surface area contributed by atoms with E-state index in [0.717, 1.165) is 5.04 Å². The maximum absolute atomic E-state index is 4.13. The number of thioether (sulfide) groups is 1. The van der Waals surface area contributed by atoms with Gasteiger partial charge >= 0.3 is 0 Å². The van der Waals surface area contributed by atoms with Crippen LogP contribution in [0.25, 0.3) is 0 Å². The van der Waals surface area contributed by atoms with Gasteiger partial charge in [0.05, 0.1) is 5.04 Å². The summed E-state index contributed by atoms with van der Waals surface area (Å²) in [7, 11) is 0. The fraction of sp³-hybridized carbons (Fsp3) is 0.375. The number of hydrogen-bond donors (Lipinski definition) is 0. The molecule has 0 aliphatic carbocycles. The lowest BCUT2D eigenvalue weighted by molar-refractivity contribution is 1.53. The molecule has 0 atom stereocenters. The molecule has 0 aromatic carbocycles. The summed E-state index contributed by atoms with van der Waals surface area (Å²) in [5.74, 6) is 0. The molecule has 0 amide bonds. The molecule has 0 heterocycles. The average molecular weight is 155 g/mol. The Morgan fingerprint density at radius 1 is 1.30 bits per heavy atom. The Bertz CT molecular complexity index is 157. The van der Waals surface area contributed by atoms with Crippen molar-refractivity contribution in [1.82, 2.24) is 0 Å². The molecule has 0 aliphatic rings. The fourth-order valence-corrected chi connectivity index (χ4v) is 0.831. The first-order chi connectivity index (χ1) is 4.81. The van der Waals surface area contributed by atoms with E-state index in [0.29, 0.717) is 0 Å². The van der Waals surface area contributed by atoms with E-state index in [2.05, 4.69) is 4.99 Å². The highest BCUT2D eigenvalue weighted by Crippen LogP contribution is 2.04. The summed E-state index contributed by atoms with van der Waals surface area (Å²) in [4.78, 5) is 4.13. The molecular formula is C8H13NS. The van der Waals surface area contributed by atoms with Crippen molar-refractivity contribution in [3.63, 3.8) is 0 Å². The third kappa shape index (κ3) is 5.63. The summed E-state index contributed by atoms with van der Waals surface area (Å²) >= 11 is 1.63. The normalized spacial score (nSPS) is 13.7. The quantitative estimate of drug-likeness (QED) is 0.440. The smallest absolute Gasteiger partial charge is 0.0741 e. The van der Waals surface area contributed by atoms with Gasteiger partial charge in [0.2, 0.25) is 0 Å². The Balaban J connectivity index is 3.70. The number of allylic oxidation sites excluding steroid dienone is 2. The van der Waals surface area contributed by atoms with E-state index in [9.17, 15) is 0 Å². The standard InChI is InChI=1S/C8H13NS/c1-4-6-9-8(3)10-7-5-2/h4-7H,1-3H3/b6-4-,7-5+,9-8?. The van der Waals surface area contributed by atoms with Crippen LogP contribution in [0.1, 0.15) is 20.8 Å². The molecule has 0 aliphatic heterocycles. The molecule has 0 radical (unpaired) electrons. The van der Waals surface area contributed by atoms with Crippen LogP contribution in [-0.4, -0.2) is 5.04 Å². The van der Waals surface area contributed by atoms with Crippen molar-refractivity contribution in [2.24, 2.45) is 4.99 Å². The maximum atomic E-state index is 4.13. The summed E-state index contributed by atoms with van der Waals surface area (Å²) in [6, 6.07) is 0. The lowest BCUT2D eigenvalue weighted by atomic mass is 10.7. The second-order valence-electron chi connectivity index (χ2n) is 1.72. The molecule has 1 nitrogen and oxygen atoms in total. The summed E-state index contributed by atoms with van der Waals surface area (Å²) < 4.78 is 0. The largest absolute Gasteiger partial charge is 0.255 e. The number of hydrogen-bond acceptors (Lipinski definition) is 2. The van der Waals surface area contributed by atoms with Crippen molar-refractivity contribution in [2.75, 3.05) is 0 Å². The van der Waals surface area contributed by atoms with E-state index in [1.54, 1.807) is 18.0 Å². The van der Waals surface area contributed by atoms with Crippen molar-refractivity contribution >= 4 is 16.8 Å². The minimum atomic E-state index is 1.07. The molecule has 0 N–H and O–H groups in total. The SMILES string of the molecule is C/C=C\N=C(C)S/C=C/C. The highest BCUT2D eigenvalue weighted by molar-refractivity contribution is 8.16. The molecule has 0 fully saturated rings. The van der Waals surface area contributed by atoms with Gasteiger partial charge in [-0.3, -0.25) is 4.99 Å². The van der Waals surface area contributed by atoms with Gasteiger partial charge < -0.3 is 0 Å². The van der Waals surface area contributed by atoms with Crippen molar-refractivity contribution < 1.29 is 0 Å². The second kappa shape index (κ2) is 6.62. The third-order valence-electron chi connectivity index (χ3n) is 0.780. The van der Waals surface area contributed by atoms with Crippen molar-refractivity contribution in [3.8, 4) is 0 Å². The monoisotopic (exact) mass is 155 g/mol. The molecular weight excluding hydrogens is 142 g/mol. The molecule has 0 rings (SSSR count). The zero-order valence-corrected chi connectivity index (χ0v) is 7.48. The van der Waals surface area contributed by atoms with Crippen LogP contribution in [0.2, 0.25) is 0 Å². The average Bonchev–Trinajstić information content (AvgIpc) is 1.97. The lowest BCUT2D eigenvalue weighted by Gasteiger charge is -1.88. The van der Waals surface area contributed by atoms with Crippen LogP contribution in [0.5, 0.6) is 0 Å². The first-order valence-corrected chi connectivity index (χ1v) is 4.12.